The van der Waals surface area contributed by atoms with Crippen LogP contribution in [-0.4, -0.2) is 82.7 Å². The minimum atomic E-state index is -4.00. The first kappa shape index (κ1) is 38.0. The lowest BCUT2D eigenvalue weighted by Crippen LogP contribution is -2.70. The van der Waals surface area contributed by atoms with Crippen molar-refractivity contribution in [2.75, 3.05) is 6.54 Å². The maximum Gasteiger partial charge on any atom is 0.408 e. The molecule has 8 rings (SSSR count). The summed E-state index contributed by atoms with van der Waals surface area (Å²) in [5, 5.41) is 7.34. The number of carbonyl (C=O) groups excluding carboxylic acids is 4. The van der Waals surface area contributed by atoms with Crippen molar-refractivity contribution in [3.63, 3.8) is 0 Å². The monoisotopic (exact) mass is 795 g/mol. The Kier molecular flexibility index (Phi) is 9.83. The molecule has 6 aliphatic rings. The van der Waals surface area contributed by atoms with Crippen LogP contribution in [0.5, 0.6) is 5.75 Å². The molecule has 13 nitrogen and oxygen atoms in total. The molecule has 15 heteroatoms. The van der Waals surface area contributed by atoms with Crippen molar-refractivity contribution in [3.8, 4) is 5.75 Å². The second kappa shape index (κ2) is 14.2. The number of sulfonamides is 1. The van der Waals surface area contributed by atoms with Gasteiger partial charge in [0.05, 0.1) is 22.5 Å². The smallest absolute Gasteiger partial charge is 0.408 e. The first-order valence-electron chi connectivity index (χ1n) is 19.8. The molecule has 4 fully saturated rings. The SMILES string of the molecule is Cc1nc2cc(Cl)ccc2c2c1OC1(CC2)CC2C(=O)NC3(C(=O)NS(=O)(=O)C4(C)CC4)CCC3C=CCCCCCC(NC(=O)OC3CCC3)C(=O)N2C1. The summed E-state index contributed by atoms with van der Waals surface area (Å²) < 4.78 is 40.4. The number of nitrogens with one attached hydrogen (secondary N) is 3. The first-order valence-corrected chi connectivity index (χ1v) is 21.7. The molecule has 3 saturated carbocycles. The van der Waals surface area contributed by atoms with E-state index in [2.05, 4.69) is 15.4 Å². The third-order valence-corrected chi connectivity index (χ3v) is 15.4. The summed E-state index contributed by atoms with van der Waals surface area (Å²) >= 11 is 6.29. The van der Waals surface area contributed by atoms with Crippen molar-refractivity contribution < 1.29 is 37.1 Å². The summed E-state index contributed by atoms with van der Waals surface area (Å²) in [4.78, 5) is 63.0. The second-order valence-electron chi connectivity index (χ2n) is 16.8. The van der Waals surface area contributed by atoms with Gasteiger partial charge in [-0.15, -0.1) is 0 Å². The van der Waals surface area contributed by atoms with Crippen LogP contribution in [0.15, 0.2) is 30.4 Å². The standard InChI is InChI=1S/C40H50ClN5O8S/c1-24-33-29(28-14-13-26(41)21-31(28)42-24)16-17-39(54-33)22-32-34(47)44-40(36(49)45-55(51,52)38(2)19-20-38)18-15-25(40)9-6-4-3-5-7-12-30(35(48)46(32)23-39)43-37(50)53-27-10-8-11-27/h6,9,13-14,21,25,27,30,32H,3-5,7-8,10-12,15-20,22-23H2,1-2H3,(H,43,50)(H,44,47)(H,45,49). The highest BCUT2D eigenvalue weighted by atomic mass is 35.5. The van der Waals surface area contributed by atoms with Gasteiger partial charge in [-0.25, -0.2) is 18.2 Å². The van der Waals surface area contributed by atoms with E-state index in [4.69, 9.17) is 26.1 Å². The Bertz CT molecular complexity index is 2070. The van der Waals surface area contributed by atoms with Crippen molar-refractivity contribution >= 4 is 56.3 Å². The summed E-state index contributed by atoms with van der Waals surface area (Å²) in [7, 11) is -4.00. The molecule has 3 aliphatic carbocycles. The van der Waals surface area contributed by atoms with Crippen molar-refractivity contribution in [2.24, 2.45) is 5.92 Å². The number of aromatic nitrogens is 1. The average Bonchev–Trinajstić information content (AvgIpc) is 3.78. The van der Waals surface area contributed by atoms with E-state index in [-0.39, 0.29) is 25.5 Å². The minimum Gasteiger partial charge on any atom is -0.483 e. The number of benzene rings is 1. The molecule has 0 bridgehead atoms. The Labute approximate surface area is 326 Å². The molecular weight excluding hydrogens is 746 g/mol. The van der Waals surface area contributed by atoms with Gasteiger partial charge in [-0.3, -0.25) is 19.1 Å². The van der Waals surface area contributed by atoms with E-state index in [1.54, 1.807) is 6.92 Å². The molecule has 5 atom stereocenters. The summed E-state index contributed by atoms with van der Waals surface area (Å²) in [6.45, 7) is 3.53. The topological polar surface area (TPSA) is 173 Å². The fraction of sp³-hybridized carbons (Fsp3) is 0.625. The Morgan fingerprint density at radius 3 is 2.56 bits per heavy atom. The van der Waals surface area contributed by atoms with Gasteiger partial charge in [-0.1, -0.05) is 42.7 Å². The lowest BCUT2D eigenvalue weighted by atomic mass is 9.65. The van der Waals surface area contributed by atoms with Gasteiger partial charge < -0.3 is 25.0 Å². The number of halogens is 1. The number of ether oxygens (including phenoxy) is 2. The van der Waals surface area contributed by atoms with E-state index in [0.29, 0.717) is 67.8 Å². The van der Waals surface area contributed by atoms with E-state index in [0.717, 1.165) is 48.6 Å². The van der Waals surface area contributed by atoms with Crippen LogP contribution in [0.2, 0.25) is 5.02 Å². The number of fused-ring (bicyclic) bond motifs is 5. The fourth-order valence-corrected chi connectivity index (χ4v) is 10.3. The number of amides is 4. The molecule has 1 aromatic carbocycles. The molecule has 296 valence electrons. The molecule has 4 amide bonds. The average molecular weight is 796 g/mol. The number of pyridine rings is 1. The Morgan fingerprint density at radius 1 is 1.05 bits per heavy atom. The predicted molar refractivity (Wildman–Crippen MR) is 205 cm³/mol. The number of carbonyl (C=O) groups is 4. The van der Waals surface area contributed by atoms with Crippen LogP contribution < -0.4 is 20.1 Å². The quantitative estimate of drug-likeness (QED) is 0.340. The number of nitrogens with zero attached hydrogens (tertiary/aromatic N) is 2. The highest BCUT2D eigenvalue weighted by Gasteiger charge is 2.59. The molecule has 0 radical (unpaired) electrons. The van der Waals surface area contributed by atoms with Gasteiger partial charge >= 0.3 is 6.09 Å². The molecule has 3 N–H and O–H groups in total. The first-order chi connectivity index (χ1) is 26.2. The third kappa shape index (κ3) is 7.06. The summed E-state index contributed by atoms with van der Waals surface area (Å²) in [6.07, 6.45) is 11.9. The highest BCUT2D eigenvalue weighted by molar-refractivity contribution is 7.91. The van der Waals surface area contributed by atoms with Gasteiger partial charge in [-0.2, -0.15) is 0 Å². The maximum absolute atomic E-state index is 14.8. The number of hydrogen-bond donors (Lipinski definition) is 3. The number of hydrogen-bond acceptors (Lipinski definition) is 9. The molecule has 1 saturated heterocycles. The van der Waals surface area contributed by atoms with Crippen molar-refractivity contribution in [2.45, 2.75) is 144 Å². The van der Waals surface area contributed by atoms with Crippen LogP contribution in [0.25, 0.3) is 10.9 Å². The Hall–Kier alpha value is -3.91. The van der Waals surface area contributed by atoms with Crippen molar-refractivity contribution in [1.29, 1.82) is 0 Å². The molecule has 4 heterocycles. The molecule has 1 spiro atoms. The molecular formula is C40H50ClN5O8S. The van der Waals surface area contributed by atoms with E-state index in [9.17, 15) is 27.6 Å². The van der Waals surface area contributed by atoms with Crippen molar-refractivity contribution in [1.82, 2.24) is 25.2 Å². The van der Waals surface area contributed by atoms with E-state index in [1.807, 2.05) is 37.3 Å². The summed E-state index contributed by atoms with van der Waals surface area (Å²) in [6, 6.07) is 3.53. The minimum absolute atomic E-state index is 0.0621. The fourth-order valence-electron chi connectivity index (χ4n) is 8.86. The highest BCUT2D eigenvalue weighted by Crippen LogP contribution is 2.47. The molecule has 2 aromatic rings. The van der Waals surface area contributed by atoms with Gasteiger partial charge in [0.15, 0.2) is 0 Å². The number of aryl methyl sites for hydroxylation is 2. The van der Waals surface area contributed by atoms with E-state index >= 15 is 0 Å². The van der Waals surface area contributed by atoms with Gasteiger partial charge in [-0.05, 0) is 103 Å². The normalized spacial score (nSPS) is 30.6. The zero-order chi connectivity index (χ0) is 38.8. The maximum atomic E-state index is 14.8. The van der Waals surface area contributed by atoms with Crippen molar-refractivity contribution in [3.05, 3.63) is 46.6 Å². The lowest BCUT2D eigenvalue weighted by molar-refractivity contribution is -0.144. The summed E-state index contributed by atoms with van der Waals surface area (Å²) in [5.41, 5.74) is -0.106. The molecule has 5 unspecified atom stereocenters. The van der Waals surface area contributed by atoms with Crippen LogP contribution in [0.1, 0.15) is 108 Å². The largest absolute Gasteiger partial charge is 0.483 e. The van der Waals surface area contributed by atoms with E-state index in [1.165, 1.54) is 4.90 Å². The van der Waals surface area contributed by atoms with Gasteiger partial charge in [0, 0.05) is 28.3 Å². The van der Waals surface area contributed by atoms with Crippen LogP contribution >= 0.6 is 11.6 Å². The zero-order valence-electron chi connectivity index (χ0n) is 31.5. The van der Waals surface area contributed by atoms with Gasteiger partial charge in [0.2, 0.25) is 21.8 Å². The molecule has 1 aromatic heterocycles. The summed E-state index contributed by atoms with van der Waals surface area (Å²) in [5.74, 6) is -1.60. The van der Waals surface area contributed by atoms with Gasteiger partial charge in [0.1, 0.15) is 35.1 Å². The second-order valence-corrected chi connectivity index (χ2v) is 19.5. The van der Waals surface area contributed by atoms with Crippen LogP contribution in [0, 0.1) is 12.8 Å². The number of alkyl carbamates (subject to hydrolysis) is 1. The van der Waals surface area contributed by atoms with Crippen LogP contribution in [-0.2, 0) is 35.6 Å². The zero-order valence-corrected chi connectivity index (χ0v) is 33.0. The Morgan fingerprint density at radius 2 is 1.85 bits per heavy atom. The number of allylic oxidation sites excluding steroid dienone is 1. The molecule has 3 aliphatic heterocycles. The number of rotatable bonds is 5. The molecule has 55 heavy (non-hydrogen) atoms. The van der Waals surface area contributed by atoms with E-state index < -0.39 is 67.7 Å². The lowest BCUT2D eigenvalue weighted by Gasteiger charge is -2.48. The Balaban J connectivity index is 1.14. The van der Waals surface area contributed by atoms with Crippen LogP contribution in [0.3, 0.4) is 0 Å². The van der Waals surface area contributed by atoms with Gasteiger partial charge in [0.25, 0.3) is 5.91 Å². The third-order valence-electron chi connectivity index (χ3n) is 13.0. The van der Waals surface area contributed by atoms with Crippen LogP contribution in [0.4, 0.5) is 4.79 Å². The predicted octanol–water partition coefficient (Wildman–Crippen LogP) is 5.29.